The van der Waals surface area contributed by atoms with Crippen molar-refractivity contribution in [2.75, 3.05) is 33.4 Å². The van der Waals surface area contributed by atoms with Crippen molar-refractivity contribution in [1.29, 1.82) is 0 Å². The van der Waals surface area contributed by atoms with Gasteiger partial charge in [0.15, 0.2) is 0 Å². The van der Waals surface area contributed by atoms with E-state index in [4.69, 9.17) is 10.5 Å². The van der Waals surface area contributed by atoms with E-state index < -0.39 is 6.04 Å². The summed E-state index contributed by atoms with van der Waals surface area (Å²) in [4.78, 5) is 13.6. The van der Waals surface area contributed by atoms with E-state index in [2.05, 4.69) is 10.2 Å². The summed E-state index contributed by atoms with van der Waals surface area (Å²) in [5.74, 6) is -0.0615. The first-order chi connectivity index (χ1) is 7.13. The van der Waals surface area contributed by atoms with Crippen molar-refractivity contribution >= 4 is 30.7 Å². The fraction of sp³-hybridized carbons (Fsp3) is 0.900. The molecule has 1 aliphatic rings. The minimum Gasteiger partial charge on any atom is -0.383 e. The average Bonchev–Trinajstić information content (AvgIpc) is 2.62. The lowest BCUT2D eigenvalue weighted by atomic mass is 10.2. The summed E-state index contributed by atoms with van der Waals surface area (Å²) in [7, 11) is 1.70. The second-order valence-corrected chi connectivity index (χ2v) is 4.08. The molecule has 104 valence electrons. The molecular formula is C10H23Cl2N3O2. The topological polar surface area (TPSA) is 67.6 Å². The van der Waals surface area contributed by atoms with E-state index in [1.807, 2.05) is 0 Å². The fourth-order valence-corrected chi connectivity index (χ4v) is 1.71. The normalized spacial score (nSPS) is 21.2. The Hall–Kier alpha value is -0.0700. The average molecular weight is 288 g/mol. The Morgan fingerprint density at radius 1 is 1.59 bits per heavy atom. The number of carbonyl (C=O) groups is 1. The van der Waals surface area contributed by atoms with Crippen LogP contribution in [0.1, 0.15) is 13.3 Å². The summed E-state index contributed by atoms with van der Waals surface area (Å²) in [6.45, 7) is 5.30. The van der Waals surface area contributed by atoms with Crippen LogP contribution in [0.4, 0.5) is 0 Å². The maximum absolute atomic E-state index is 11.3. The highest BCUT2D eigenvalue weighted by molar-refractivity contribution is 5.85. The van der Waals surface area contributed by atoms with Crippen molar-refractivity contribution in [2.24, 2.45) is 5.73 Å². The number of rotatable bonds is 5. The number of halogens is 2. The first-order valence-corrected chi connectivity index (χ1v) is 5.40. The number of hydrogen-bond donors (Lipinski definition) is 2. The van der Waals surface area contributed by atoms with Crippen molar-refractivity contribution in [2.45, 2.75) is 25.4 Å². The van der Waals surface area contributed by atoms with Crippen LogP contribution in [0.2, 0.25) is 0 Å². The van der Waals surface area contributed by atoms with Crippen molar-refractivity contribution in [3.05, 3.63) is 0 Å². The van der Waals surface area contributed by atoms with E-state index in [-0.39, 0.29) is 36.8 Å². The van der Waals surface area contributed by atoms with E-state index >= 15 is 0 Å². The molecule has 5 nitrogen and oxygen atoms in total. The van der Waals surface area contributed by atoms with Crippen molar-refractivity contribution < 1.29 is 9.53 Å². The third-order valence-corrected chi connectivity index (χ3v) is 2.64. The van der Waals surface area contributed by atoms with Gasteiger partial charge in [-0.15, -0.1) is 24.8 Å². The van der Waals surface area contributed by atoms with Gasteiger partial charge in [-0.05, 0) is 13.3 Å². The van der Waals surface area contributed by atoms with Crippen LogP contribution in [-0.2, 0) is 9.53 Å². The lowest BCUT2D eigenvalue weighted by Crippen LogP contribution is -2.45. The zero-order valence-electron chi connectivity index (χ0n) is 10.3. The molecular weight excluding hydrogens is 265 g/mol. The van der Waals surface area contributed by atoms with E-state index in [0.29, 0.717) is 0 Å². The summed E-state index contributed by atoms with van der Waals surface area (Å²) >= 11 is 0. The van der Waals surface area contributed by atoms with Crippen LogP contribution in [0, 0.1) is 0 Å². The van der Waals surface area contributed by atoms with Gasteiger partial charge in [0.2, 0.25) is 5.91 Å². The van der Waals surface area contributed by atoms with E-state index in [0.717, 1.165) is 32.7 Å². The first-order valence-electron chi connectivity index (χ1n) is 5.40. The molecule has 0 aromatic rings. The summed E-state index contributed by atoms with van der Waals surface area (Å²) in [6.07, 6.45) is 1.00. The quantitative estimate of drug-likeness (QED) is 0.748. The van der Waals surface area contributed by atoms with E-state index in [1.54, 1.807) is 14.0 Å². The molecule has 0 aliphatic carbocycles. The van der Waals surface area contributed by atoms with Crippen LogP contribution in [0.25, 0.3) is 0 Å². The Labute approximate surface area is 115 Å². The summed E-state index contributed by atoms with van der Waals surface area (Å²) in [6, 6.07) is -0.168. The second kappa shape index (κ2) is 9.91. The molecule has 2 unspecified atom stereocenters. The van der Waals surface area contributed by atoms with Gasteiger partial charge in [-0.2, -0.15) is 0 Å². The number of hydrogen-bond acceptors (Lipinski definition) is 4. The van der Waals surface area contributed by atoms with Crippen molar-refractivity contribution in [3.63, 3.8) is 0 Å². The highest BCUT2D eigenvalue weighted by Crippen LogP contribution is 2.08. The second-order valence-electron chi connectivity index (χ2n) is 4.08. The molecule has 0 aromatic carbocycles. The number of likely N-dealkylation sites (tertiary alicyclic amines) is 1. The third-order valence-electron chi connectivity index (χ3n) is 2.64. The van der Waals surface area contributed by atoms with Crippen molar-refractivity contribution in [1.82, 2.24) is 10.2 Å². The van der Waals surface area contributed by atoms with Crippen LogP contribution in [0.3, 0.4) is 0 Å². The predicted molar refractivity (Wildman–Crippen MR) is 73.0 cm³/mol. The Morgan fingerprint density at radius 2 is 2.24 bits per heavy atom. The molecule has 7 heteroatoms. The fourth-order valence-electron chi connectivity index (χ4n) is 1.71. The first kappa shape index (κ1) is 19.3. The molecule has 0 spiro atoms. The lowest BCUT2D eigenvalue weighted by molar-refractivity contribution is -0.122. The molecule has 0 saturated carbocycles. The van der Waals surface area contributed by atoms with Crippen LogP contribution >= 0.6 is 24.8 Å². The zero-order chi connectivity index (χ0) is 11.3. The third kappa shape index (κ3) is 7.06. The predicted octanol–water partition coefficient (Wildman–Crippen LogP) is 0.0141. The maximum Gasteiger partial charge on any atom is 0.236 e. The van der Waals surface area contributed by atoms with Gasteiger partial charge in [-0.3, -0.25) is 9.69 Å². The van der Waals surface area contributed by atoms with E-state index in [1.165, 1.54) is 0 Å². The summed E-state index contributed by atoms with van der Waals surface area (Å²) in [5, 5.41) is 2.94. The number of nitrogens with one attached hydrogen (secondary N) is 1. The van der Waals surface area contributed by atoms with Gasteiger partial charge in [0.1, 0.15) is 0 Å². The molecule has 0 aromatic heterocycles. The Bertz CT molecular complexity index is 218. The van der Waals surface area contributed by atoms with Crippen LogP contribution in [0.15, 0.2) is 0 Å². The van der Waals surface area contributed by atoms with Gasteiger partial charge >= 0.3 is 0 Å². The molecule has 0 bridgehead atoms. The molecule has 1 aliphatic heterocycles. The van der Waals surface area contributed by atoms with Gasteiger partial charge in [-0.25, -0.2) is 0 Å². The van der Waals surface area contributed by atoms with Crippen LogP contribution < -0.4 is 11.1 Å². The Balaban J connectivity index is 0. The van der Waals surface area contributed by atoms with E-state index in [9.17, 15) is 4.79 Å². The Morgan fingerprint density at radius 3 is 2.76 bits per heavy atom. The van der Waals surface area contributed by atoms with Gasteiger partial charge in [0.25, 0.3) is 0 Å². The lowest BCUT2D eigenvalue weighted by Gasteiger charge is -2.16. The molecule has 1 fully saturated rings. The molecule has 17 heavy (non-hydrogen) atoms. The number of methoxy groups -OCH3 is 1. The number of carbonyl (C=O) groups excluding carboxylic acids is 1. The molecule has 3 N–H and O–H groups in total. The summed E-state index contributed by atoms with van der Waals surface area (Å²) in [5.41, 5.74) is 5.48. The highest BCUT2D eigenvalue weighted by atomic mass is 35.5. The zero-order valence-corrected chi connectivity index (χ0v) is 12.0. The molecule has 0 radical (unpaired) electrons. The van der Waals surface area contributed by atoms with Gasteiger partial charge < -0.3 is 15.8 Å². The number of ether oxygens (including phenoxy) is 1. The molecule has 2 atom stereocenters. The minimum atomic E-state index is -0.418. The number of amides is 1. The summed E-state index contributed by atoms with van der Waals surface area (Å²) < 4.78 is 5.01. The van der Waals surface area contributed by atoms with Crippen LogP contribution in [-0.4, -0.2) is 56.2 Å². The van der Waals surface area contributed by atoms with Crippen LogP contribution in [0.5, 0.6) is 0 Å². The monoisotopic (exact) mass is 287 g/mol. The molecule has 1 heterocycles. The molecule has 1 rings (SSSR count). The van der Waals surface area contributed by atoms with Gasteiger partial charge in [0.05, 0.1) is 12.6 Å². The SMILES string of the molecule is COCCN1CCC(NC(=O)C(C)N)C1.Cl.Cl. The molecule has 1 amide bonds. The number of nitrogens with zero attached hydrogens (tertiary/aromatic N) is 1. The van der Waals surface area contributed by atoms with Crippen molar-refractivity contribution in [3.8, 4) is 0 Å². The molecule has 1 saturated heterocycles. The standard InChI is InChI=1S/C10H21N3O2.2ClH/c1-8(11)10(14)12-9-3-4-13(7-9)5-6-15-2;;/h8-9H,3-7,11H2,1-2H3,(H,12,14);2*1H. The Kier molecular flexibility index (Phi) is 11.2. The van der Waals surface area contributed by atoms with Gasteiger partial charge in [0, 0.05) is 32.8 Å². The smallest absolute Gasteiger partial charge is 0.236 e. The number of nitrogens with two attached hydrogens (primary N) is 1. The van der Waals surface area contributed by atoms with Gasteiger partial charge in [-0.1, -0.05) is 0 Å². The highest BCUT2D eigenvalue weighted by Gasteiger charge is 2.24. The minimum absolute atomic E-state index is 0. The maximum atomic E-state index is 11.3. The largest absolute Gasteiger partial charge is 0.383 e.